The number of rotatable bonds is 9. The van der Waals surface area contributed by atoms with Crippen LogP contribution in [0.2, 0.25) is 0 Å². The molecule has 0 atom stereocenters. The summed E-state index contributed by atoms with van der Waals surface area (Å²) in [4.78, 5) is 37.8. The predicted molar refractivity (Wildman–Crippen MR) is 143 cm³/mol. The molecule has 0 aliphatic carbocycles. The summed E-state index contributed by atoms with van der Waals surface area (Å²) >= 11 is 0. The molecule has 1 aliphatic heterocycles. The van der Waals surface area contributed by atoms with Crippen molar-refractivity contribution in [2.24, 2.45) is 0 Å². The Kier molecular flexibility index (Phi) is 8.14. The van der Waals surface area contributed by atoms with Crippen LogP contribution in [0.4, 0.5) is 11.5 Å². The molecule has 2 amide bonds. The van der Waals surface area contributed by atoms with Crippen molar-refractivity contribution in [3.8, 4) is 0 Å². The van der Waals surface area contributed by atoms with Crippen molar-refractivity contribution in [3.63, 3.8) is 0 Å². The summed E-state index contributed by atoms with van der Waals surface area (Å²) in [6, 6.07) is 7.41. The van der Waals surface area contributed by atoms with Gasteiger partial charge in [0.15, 0.2) is 11.5 Å². The fourth-order valence-electron chi connectivity index (χ4n) is 4.19. The molecule has 0 bridgehead atoms. The van der Waals surface area contributed by atoms with Crippen LogP contribution in [0.25, 0.3) is 11.2 Å². The number of piperazine rings is 1. The molecule has 0 radical (unpaired) electrons. The van der Waals surface area contributed by atoms with Gasteiger partial charge in [0.25, 0.3) is 5.91 Å². The molecular weight excluding hydrogens is 470 g/mol. The van der Waals surface area contributed by atoms with E-state index in [1.807, 2.05) is 44.1 Å². The van der Waals surface area contributed by atoms with Crippen molar-refractivity contribution >= 4 is 34.5 Å². The van der Waals surface area contributed by atoms with E-state index in [4.69, 9.17) is 0 Å². The molecule has 3 N–H and O–H groups in total. The van der Waals surface area contributed by atoms with Gasteiger partial charge >= 0.3 is 0 Å². The van der Waals surface area contributed by atoms with Gasteiger partial charge in [0.1, 0.15) is 6.33 Å². The molecule has 194 valence electrons. The topological polar surface area (TPSA) is 120 Å². The number of carbonyl (C=O) groups excluding carboxylic acids is 2. The number of hydrogen-bond acceptors (Lipinski definition) is 8. The van der Waals surface area contributed by atoms with Gasteiger partial charge in [-0.25, -0.2) is 14.5 Å². The summed E-state index contributed by atoms with van der Waals surface area (Å²) in [5.74, 6) is 0.542. The van der Waals surface area contributed by atoms with Crippen LogP contribution in [0.15, 0.2) is 55.6 Å². The fraction of sp³-hybridized carbons (Fsp3) is 0.346. The van der Waals surface area contributed by atoms with Crippen molar-refractivity contribution < 1.29 is 9.59 Å². The van der Waals surface area contributed by atoms with Gasteiger partial charge in [-0.05, 0) is 38.1 Å². The Bertz CT molecular complexity index is 1290. The molecule has 0 unspecified atom stereocenters. The molecule has 3 aromatic rings. The zero-order valence-corrected chi connectivity index (χ0v) is 21.4. The first-order chi connectivity index (χ1) is 17.9. The monoisotopic (exact) mass is 503 g/mol. The van der Waals surface area contributed by atoms with Crippen LogP contribution in [-0.4, -0.2) is 87.0 Å². The number of amides is 2. The maximum absolute atomic E-state index is 13.0. The lowest BCUT2D eigenvalue weighted by molar-refractivity contribution is -0.123. The molecule has 1 fully saturated rings. The maximum Gasteiger partial charge on any atom is 0.253 e. The summed E-state index contributed by atoms with van der Waals surface area (Å²) in [6.07, 6.45) is 6.72. The number of nitrogens with zero attached hydrogens (tertiary/aromatic N) is 6. The SMILES string of the molecule is C=C/C(=C\NC)c1cnc(Nc2ccc(C(=O)N3CCN(CC(=O)NC(C)C)CC3)cc2)c2ncnn12. The second-order valence-electron chi connectivity index (χ2n) is 9.07. The average Bonchev–Trinajstić information content (AvgIpc) is 3.38. The first-order valence-corrected chi connectivity index (χ1v) is 12.3. The lowest BCUT2D eigenvalue weighted by Gasteiger charge is -2.34. The summed E-state index contributed by atoms with van der Waals surface area (Å²) in [7, 11) is 1.81. The third-order valence-electron chi connectivity index (χ3n) is 5.99. The highest BCUT2D eigenvalue weighted by atomic mass is 16.2. The second-order valence-corrected chi connectivity index (χ2v) is 9.07. The normalized spacial score (nSPS) is 14.6. The molecule has 4 rings (SSSR count). The van der Waals surface area contributed by atoms with Crippen molar-refractivity contribution in [2.75, 3.05) is 45.1 Å². The molecule has 2 aromatic heterocycles. The number of carbonyl (C=O) groups is 2. The number of nitrogens with one attached hydrogen (secondary N) is 3. The first-order valence-electron chi connectivity index (χ1n) is 12.3. The van der Waals surface area contributed by atoms with Crippen LogP contribution in [-0.2, 0) is 4.79 Å². The minimum atomic E-state index is -0.0200. The average molecular weight is 504 g/mol. The molecule has 1 saturated heterocycles. The first kappa shape index (κ1) is 25.8. The van der Waals surface area contributed by atoms with Gasteiger partial charge in [-0.1, -0.05) is 12.7 Å². The maximum atomic E-state index is 13.0. The van der Waals surface area contributed by atoms with Crippen LogP contribution in [0.3, 0.4) is 0 Å². The smallest absolute Gasteiger partial charge is 0.253 e. The molecule has 1 aliphatic rings. The Morgan fingerprint density at radius 2 is 1.84 bits per heavy atom. The van der Waals surface area contributed by atoms with E-state index < -0.39 is 0 Å². The summed E-state index contributed by atoms with van der Waals surface area (Å²) in [5, 5.41) is 13.5. The Hall–Kier alpha value is -4.25. The Balaban J connectivity index is 1.39. The molecular formula is C26H33N9O2. The fourth-order valence-corrected chi connectivity index (χ4v) is 4.19. The molecule has 11 heteroatoms. The number of anilines is 2. The van der Waals surface area contributed by atoms with E-state index in [9.17, 15) is 9.59 Å². The predicted octanol–water partition coefficient (Wildman–Crippen LogP) is 1.90. The lowest BCUT2D eigenvalue weighted by atomic mass is 10.1. The Morgan fingerprint density at radius 1 is 1.11 bits per heavy atom. The quantitative estimate of drug-likeness (QED) is 0.379. The number of hydrogen-bond donors (Lipinski definition) is 3. The van der Waals surface area contributed by atoms with E-state index in [1.165, 1.54) is 6.33 Å². The van der Waals surface area contributed by atoms with Crippen LogP contribution < -0.4 is 16.0 Å². The Morgan fingerprint density at radius 3 is 2.49 bits per heavy atom. The van der Waals surface area contributed by atoms with Crippen LogP contribution in [0, 0.1) is 0 Å². The zero-order chi connectivity index (χ0) is 26.4. The van der Waals surface area contributed by atoms with Gasteiger partial charge in [0.05, 0.1) is 18.4 Å². The van der Waals surface area contributed by atoms with Crippen molar-refractivity contribution in [2.45, 2.75) is 19.9 Å². The van der Waals surface area contributed by atoms with Gasteiger partial charge in [-0.3, -0.25) is 14.5 Å². The van der Waals surface area contributed by atoms with E-state index >= 15 is 0 Å². The van der Waals surface area contributed by atoms with E-state index in [-0.39, 0.29) is 17.9 Å². The number of allylic oxidation sites excluding steroid dienone is 2. The number of aromatic nitrogens is 4. The van der Waals surface area contributed by atoms with Gasteiger partial charge in [0, 0.05) is 62.3 Å². The van der Waals surface area contributed by atoms with E-state index in [0.717, 1.165) is 17.0 Å². The number of benzene rings is 1. The van der Waals surface area contributed by atoms with Crippen molar-refractivity contribution in [1.82, 2.24) is 40.0 Å². The standard InChI is InChI=1S/C26H33N9O2/c1-5-19(14-27-4)22-15-28-24(25-29-17-30-35(22)25)32-21-8-6-20(7-9-21)26(37)34-12-10-33(11-13-34)16-23(36)31-18(2)3/h5-9,14-15,17-18,27H,1,10-13,16H2,2-4H3,(H,28,32)(H,31,36)/b19-14+. The lowest BCUT2D eigenvalue weighted by Crippen LogP contribution is -2.51. The highest BCUT2D eigenvalue weighted by molar-refractivity contribution is 5.94. The summed E-state index contributed by atoms with van der Waals surface area (Å²) in [6.45, 7) is 10.6. The van der Waals surface area contributed by atoms with Gasteiger partial charge in [0.2, 0.25) is 5.91 Å². The molecule has 37 heavy (non-hydrogen) atoms. The van der Waals surface area contributed by atoms with E-state index in [2.05, 4.69) is 42.5 Å². The van der Waals surface area contributed by atoms with Crippen LogP contribution >= 0.6 is 0 Å². The number of fused-ring (bicyclic) bond motifs is 1. The minimum absolute atomic E-state index is 0.0148. The summed E-state index contributed by atoms with van der Waals surface area (Å²) < 4.78 is 1.70. The Labute approximate surface area is 216 Å². The molecule has 0 saturated carbocycles. The molecule has 11 nitrogen and oxygen atoms in total. The van der Waals surface area contributed by atoms with Gasteiger partial charge < -0.3 is 20.9 Å². The molecule has 1 aromatic carbocycles. The van der Waals surface area contributed by atoms with E-state index in [0.29, 0.717) is 49.8 Å². The highest BCUT2D eigenvalue weighted by Crippen LogP contribution is 2.23. The van der Waals surface area contributed by atoms with Crippen molar-refractivity contribution in [1.29, 1.82) is 0 Å². The summed E-state index contributed by atoms with van der Waals surface area (Å²) in [5.41, 5.74) is 3.54. The molecule has 0 spiro atoms. The van der Waals surface area contributed by atoms with Gasteiger partial charge in [-0.15, -0.1) is 0 Å². The third-order valence-corrected chi connectivity index (χ3v) is 5.99. The minimum Gasteiger partial charge on any atom is -0.393 e. The van der Waals surface area contributed by atoms with E-state index in [1.54, 1.807) is 28.9 Å². The molecule has 3 heterocycles. The second kappa shape index (κ2) is 11.7. The third kappa shape index (κ3) is 6.12. The zero-order valence-electron chi connectivity index (χ0n) is 21.4. The largest absolute Gasteiger partial charge is 0.393 e. The van der Waals surface area contributed by atoms with Crippen LogP contribution in [0.5, 0.6) is 0 Å². The highest BCUT2D eigenvalue weighted by Gasteiger charge is 2.23. The van der Waals surface area contributed by atoms with Gasteiger partial charge in [-0.2, -0.15) is 5.10 Å². The van der Waals surface area contributed by atoms with Crippen LogP contribution in [0.1, 0.15) is 29.9 Å². The van der Waals surface area contributed by atoms with Crippen molar-refractivity contribution in [3.05, 3.63) is 66.9 Å².